The minimum Gasteiger partial charge on any atom is -0.402 e. The summed E-state index contributed by atoms with van der Waals surface area (Å²) in [5.41, 5.74) is 3.16. The molecule has 28 heavy (non-hydrogen) atoms. The van der Waals surface area contributed by atoms with E-state index in [1.807, 2.05) is 61.5 Å². The van der Waals surface area contributed by atoms with Gasteiger partial charge in [0.25, 0.3) is 0 Å². The van der Waals surface area contributed by atoms with Gasteiger partial charge in [-0.3, -0.25) is 0 Å². The summed E-state index contributed by atoms with van der Waals surface area (Å²) >= 11 is 0. The second kappa shape index (κ2) is 6.46. The number of carbonyl (C=O) groups excluding carboxylic acids is 1. The Labute approximate surface area is 162 Å². The maximum Gasteiger partial charge on any atom is 0.363 e. The summed E-state index contributed by atoms with van der Waals surface area (Å²) in [4.78, 5) is 17.1. The Morgan fingerprint density at radius 1 is 0.821 bits per heavy atom. The molecule has 0 aromatic heterocycles. The number of cyclic esters (lactones) is 1. The van der Waals surface area contributed by atoms with Crippen LogP contribution in [0, 0.1) is 6.92 Å². The van der Waals surface area contributed by atoms with Gasteiger partial charge in [0, 0.05) is 5.56 Å². The number of hydrogen-bond acceptors (Lipinski definition) is 3. The molecule has 0 amide bonds. The van der Waals surface area contributed by atoms with E-state index < -0.39 is 5.97 Å². The lowest BCUT2D eigenvalue weighted by atomic mass is 9.96. The van der Waals surface area contributed by atoms with E-state index in [1.54, 1.807) is 0 Å². The molecule has 0 N–H and O–H groups in total. The van der Waals surface area contributed by atoms with Crippen molar-refractivity contribution >= 4 is 39.5 Å². The highest BCUT2D eigenvalue weighted by Gasteiger charge is 2.25. The maximum absolute atomic E-state index is 12.5. The highest BCUT2D eigenvalue weighted by Crippen LogP contribution is 2.31. The number of benzene rings is 4. The van der Waals surface area contributed by atoms with Crippen molar-refractivity contribution in [1.29, 1.82) is 0 Å². The van der Waals surface area contributed by atoms with Gasteiger partial charge in [-0.25, -0.2) is 9.79 Å². The van der Waals surface area contributed by atoms with Crippen LogP contribution in [0.4, 0.5) is 0 Å². The Bertz CT molecular complexity index is 1260. The van der Waals surface area contributed by atoms with Gasteiger partial charge in [0.1, 0.15) is 0 Å². The molecule has 5 rings (SSSR count). The first-order chi connectivity index (χ1) is 13.7. The molecule has 4 aromatic rings. The topological polar surface area (TPSA) is 38.7 Å². The number of rotatable bonds is 2. The average molecular weight is 363 g/mol. The van der Waals surface area contributed by atoms with Gasteiger partial charge in [-0.15, -0.1) is 0 Å². The number of esters is 1. The number of nitrogens with zero attached hydrogens (tertiary/aromatic N) is 1. The summed E-state index contributed by atoms with van der Waals surface area (Å²) in [5, 5.41) is 4.42. The van der Waals surface area contributed by atoms with Crippen molar-refractivity contribution in [3.63, 3.8) is 0 Å². The van der Waals surface area contributed by atoms with Crippen LogP contribution in [-0.2, 0) is 9.53 Å². The van der Waals surface area contributed by atoms with Gasteiger partial charge in [0.05, 0.1) is 0 Å². The SMILES string of the molecule is Cc1ccccc1C1=N/C(=C/c2c3ccccc3cc3ccccc23)C(=O)O1. The van der Waals surface area contributed by atoms with E-state index in [0.29, 0.717) is 11.6 Å². The number of aliphatic imine (C=N–C) groups is 1. The molecule has 0 spiro atoms. The monoisotopic (exact) mass is 363 g/mol. The zero-order valence-corrected chi connectivity index (χ0v) is 15.3. The largest absolute Gasteiger partial charge is 0.402 e. The lowest BCUT2D eigenvalue weighted by Crippen LogP contribution is -2.06. The second-order valence-electron chi connectivity index (χ2n) is 6.88. The van der Waals surface area contributed by atoms with Gasteiger partial charge in [0.15, 0.2) is 5.70 Å². The van der Waals surface area contributed by atoms with Crippen LogP contribution in [0.15, 0.2) is 89.6 Å². The molecule has 4 aromatic carbocycles. The van der Waals surface area contributed by atoms with Crippen LogP contribution < -0.4 is 0 Å². The van der Waals surface area contributed by atoms with E-state index in [4.69, 9.17) is 4.74 Å². The Balaban J connectivity index is 1.73. The van der Waals surface area contributed by atoms with Crippen molar-refractivity contribution in [1.82, 2.24) is 0 Å². The number of ether oxygens (including phenoxy) is 1. The van der Waals surface area contributed by atoms with Gasteiger partial charge in [0.2, 0.25) is 5.90 Å². The summed E-state index contributed by atoms with van der Waals surface area (Å²) < 4.78 is 5.48. The third-order valence-corrected chi connectivity index (χ3v) is 5.09. The summed E-state index contributed by atoms with van der Waals surface area (Å²) in [6.45, 7) is 1.98. The van der Waals surface area contributed by atoms with Crippen molar-refractivity contribution in [3.8, 4) is 0 Å². The third kappa shape index (κ3) is 2.69. The Morgan fingerprint density at radius 3 is 2.11 bits per heavy atom. The standard InChI is InChI=1S/C25H17NO2/c1-16-8-2-5-11-19(16)24-26-23(25(27)28-24)15-22-20-12-6-3-9-17(20)14-18-10-4-7-13-21(18)22/h2-15H,1H3/b23-15+. The van der Waals surface area contributed by atoms with Crippen molar-refractivity contribution in [2.24, 2.45) is 4.99 Å². The van der Waals surface area contributed by atoms with Crippen LogP contribution in [0.3, 0.4) is 0 Å². The first kappa shape index (κ1) is 16.5. The average Bonchev–Trinajstić information content (AvgIpc) is 3.08. The summed E-state index contributed by atoms with van der Waals surface area (Å²) in [5.74, 6) is -0.0610. The van der Waals surface area contributed by atoms with E-state index in [-0.39, 0.29) is 0 Å². The summed E-state index contributed by atoms with van der Waals surface area (Å²) in [6.07, 6.45) is 1.85. The molecule has 134 valence electrons. The molecule has 1 aliphatic heterocycles. The molecule has 0 bridgehead atoms. The van der Waals surface area contributed by atoms with Crippen LogP contribution in [0.25, 0.3) is 27.6 Å². The van der Waals surface area contributed by atoms with Crippen LogP contribution in [-0.4, -0.2) is 11.9 Å². The molecule has 0 fully saturated rings. The van der Waals surface area contributed by atoms with Crippen molar-refractivity contribution in [2.75, 3.05) is 0 Å². The number of aryl methyl sites for hydroxylation is 1. The van der Waals surface area contributed by atoms with Gasteiger partial charge in [-0.1, -0.05) is 66.7 Å². The van der Waals surface area contributed by atoms with Gasteiger partial charge in [-0.05, 0) is 57.8 Å². The lowest BCUT2D eigenvalue weighted by Gasteiger charge is -2.08. The van der Waals surface area contributed by atoms with Gasteiger partial charge >= 0.3 is 5.97 Å². The molecule has 0 radical (unpaired) electrons. The minimum atomic E-state index is -0.421. The molecule has 0 atom stereocenters. The fraction of sp³-hybridized carbons (Fsp3) is 0.0400. The summed E-state index contributed by atoms with van der Waals surface area (Å²) in [6, 6.07) is 26.3. The van der Waals surface area contributed by atoms with Crippen LogP contribution in [0.2, 0.25) is 0 Å². The Morgan fingerprint density at radius 2 is 1.43 bits per heavy atom. The Hall–Kier alpha value is -3.72. The fourth-order valence-electron chi connectivity index (χ4n) is 3.68. The molecule has 0 saturated carbocycles. The van der Waals surface area contributed by atoms with E-state index >= 15 is 0 Å². The molecule has 3 heteroatoms. The van der Waals surface area contributed by atoms with Gasteiger partial charge < -0.3 is 4.74 Å². The maximum atomic E-state index is 12.5. The first-order valence-corrected chi connectivity index (χ1v) is 9.20. The van der Waals surface area contributed by atoms with Gasteiger partial charge in [-0.2, -0.15) is 0 Å². The Kier molecular flexibility index (Phi) is 3.80. The number of fused-ring (bicyclic) bond motifs is 2. The van der Waals surface area contributed by atoms with Crippen molar-refractivity contribution in [2.45, 2.75) is 6.92 Å². The predicted molar refractivity (Wildman–Crippen MR) is 113 cm³/mol. The van der Waals surface area contributed by atoms with Crippen LogP contribution in [0.5, 0.6) is 0 Å². The third-order valence-electron chi connectivity index (χ3n) is 5.09. The molecule has 0 saturated heterocycles. The normalized spacial score (nSPS) is 15.2. The van der Waals surface area contributed by atoms with E-state index in [0.717, 1.165) is 38.2 Å². The molecule has 3 nitrogen and oxygen atoms in total. The zero-order valence-electron chi connectivity index (χ0n) is 15.3. The van der Waals surface area contributed by atoms with E-state index in [1.165, 1.54) is 0 Å². The molecule has 1 aliphatic rings. The lowest BCUT2D eigenvalue weighted by molar-refractivity contribution is -0.129. The predicted octanol–water partition coefficient (Wildman–Crippen LogP) is 5.65. The van der Waals surface area contributed by atoms with Crippen LogP contribution >= 0.6 is 0 Å². The smallest absolute Gasteiger partial charge is 0.363 e. The molecular weight excluding hydrogens is 346 g/mol. The van der Waals surface area contributed by atoms with Crippen molar-refractivity contribution < 1.29 is 9.53 Å². The minimum absolute atomic E-state index is 0.319. The highest BCUT2D eigenvalue weighted by atomic mass is 16.6. The molecular formula is C25H17NO2. The zero-order chi connectivity index (χ0) is 19.1. The molecule has 0 aliphatic carbocycles. The first-order valence-electron chi connectivity index (χ1n) is 9.20. The second-order valence-corrected chi connectivity index (χ2v) is 6.88. The number of hydrogen-bond donors (Lipinski definition) is 0. The summed E-state index contributed by atoms with van der Waals surface area (Å²) in [7, 11) is 0. The van der Waals surface area contributed by atoms with Crippen molar-refractivity contribution in [3.05, 3.63) is 101 Å². The molecule has 0 unspecified atom stereocenters. The van der Waals surface area contributed by atoms with E-state index in [2.05, 4.69) is 35.3 Å². The quantitative estimate of drug-likeness (QED) is 0.262. The fourth-order valence-corrected chi connectivity index (χ4v) is 3.68. The van der Waals surface area contributed by atoms with E-state index in [9.17, 15) is 4.79 Å². The van der Waals surface area contributed by atoms with Crippen LogP contribution in [0.1, 0.15) is 16.7 Å². The number of carbonyl (C=O) groups is 1. The molecule has 1 heterocycles. The highest BCUT2D eigenvalue weighted by molar-refractivity contribution is 6.15.